The lowest BCUT2D eigenvalue weighted by atomic mass is 10.1. The number of pyridine rings is 1. The highest BCUT2D eigenvalue weighted by atomic mass is 35.5. The fourth-order valence-electron chi connectivity index (χ4n) is 4.56. The largest absolute Gasteiger partial charge is 0.490 e. The molecule has 0 aliphatic carbocycles. The number of hydrogen-bond donors (Lipinski definition) is 3. The van der Waals surface area contributed by atoms with Gasteiger partial charge >= 0.3 is 18.3 Å². The van der Waals surface area contributed by atoms with E-state index in [-0.39, 0.29) is 33.8 Å². The molecule has 1 aromatic carbocycles. The number of carboxylic acids is 1. The molecule has 1 aliphatic heterocycles. The summed E-state index contributed by atoms with van der Waals surface area (Å²) >= 11 is 7.37. The molecule has 4 aromatic rings. The maximum atomic E-state index is 13.7. The second-order valence-corrected chi connectivity index (χ2v) is 11.2. The van der Waals surface area contributed by atoms with E-state index in [2.05, 4.69) is 25.6 Å². The molecule has 0 unspecified atom stereocenters. The van der Waals surface area contributed by atoms with E-state index >= 15 is 0 Å². The van der Waals surface area contributed by atoms with Gasteiger partial charge in [0.05, 0.1) is 21.3 Å². The van der Waals surface area contributed by atoms with E-state index in [1.807, 2.05) is 18.7 Å². The van der Waals surface area contributed by atoms with Crippen LogP contribution >= 0.6 is 22.9 Å². The summed E-state index contributed by atoms with van der Waals surface area (Å²) in [5.74, 6) is -3.30. The molecule has 11 nitrogen and oxygen atoms in total. The number of fused-ring (bicyclic) bond motifs is 2. The number of carbonyl (C=O) groups excluding carboxylic acids is 1. The SMILES string of the molecule is CCc1c(N2CCNCC2)c(=O)c2nc3nc(C)sc3nc2n1CC(=O)Nc1ccc(C(F)(F)F)cc1Cl.O=C(O)C(F)(F)F. The Labute approximate surface area is 258 Å². The number of halogens is 7. The summed E-state index contributed by atoms with van der Waals surface area (Å²) in [4.78, 5) is 51.9. The third-order valence-corrected chi connectivity index (χ3v) is 7.67. The highest BCUT2D eigenvalue weighted by molar-refractivity contribution is 7.18. The zero-order valence-electron chi connectivity index (χ0n) is 23.4. The van der Waals surface area contributed by atoms with Gasteiger partial charge in [0.25, 0.3) is 0 Å². The van der Waals surface area contributed by atoms with Gasteiger partial charge in [-0.15, -0.1) is 0 Å². The second-order valence-electron chi connectivity index (χ2n) is 9.60. The highest BCUT2D eigenvalue weighted by Crippen LogP contribution is 2.34. The summed E-state index contributed by atoms with van der Waals surface area (Å²) in [7, 11) is 0. The molecule has 4 heterocycles. The molecule has 0 radical (unpaired) electrons. The van der Waals surface area contributed by atoms with Crippen molar-refractivity contribution >= 4 is 67.8 Å². The van der Waals surface area contributed by atoms with Crippen LogP contribution in [0.25, 0.3) is 21.6 Å². The molecule has 1 fully saturated rings. The molecule has 1 saturated heterocycles. The number of aryl methyl sites for hydroxylation is 1. The number of carboxylic acid groups (broad SMARTS) is 1. The van der Waals surface area contributed by atoms with Crippen LogP contribution in [0.15, 0.2) is 23.0 Å². The van der Waals surface area contributed by atoms with Crippen LogP contribution in [0.1, 0.15) is 23.2 Å². The number of nitrogens with one attached hydrogen (secondary N) is 2. The van der Waals surface area contributed by atoms with Crippen molar-refractivity contribution < 1.29 is 41.0 Å². The molecule has 0 atom stereocenters. The number of aliphatic carboxylic acids is 1. The number of nitrogens with zero attached hydrogens (tertiary/aromatic N) is 5. The van der Waals surface area contributed by atoms with Crippen molar-refractivity contribution in [1.29, 1.82) is 0 Å². The van der Waals surface area contributed by atoms with Crippen molar-refractivity contribution in [3.8, 4) is 0 Å². The lowest BCUT2D eigenvalue weighted by Gasteiger charge is -2.31. The van der Waals surface area contributed by atoms with Crippen LogP contribution in [0, 0.1) is 6.92 Å². The van der Waals surface area contributed by atoms with Gasteiger partial charge in [0, 0.05) is 31.9 Å². The highest BCUT2D eigenvalue weighted by Gasteiger charge is 2.38. The smallest absolute Gasteiger partial charge is 0.475 e. The van der Waals surface area contributed by atoms with Gasteiger partial charge in [-0.3, -0.25) is 9.59 Å². The topological polar surface area (TPSA) is 142 Å². The van der Waals surface area contributed by atoms with Crippen LogP contribution in [-0.2, 0) is 28.7 Å². The molecular formula is C26H24ClF6N7O4S. The Morgan fingerprint density at radius 1 is 1.11 bits per heavy atom. The van der Waals surface area contributed by atoms with Crippen LogP contribution in [0.2, 0.25) is 5.02 Å². The van der Waals surface area contributed by atoms with Gasteiger partial charge in [0.15, 0.2) is 21.6 Å². The molecule has 1 amide bonds. The first-order valence-corrected chi connectivity index (χ1v) is 14.3. The fourth-order valence-corrected chi connectivity index (χ4v) is 5.52. The average molecular weight is 680 g/mol. The molecular weight excluding hydrogens is 656 g/mol. The van der Waals surface area contributed by atoms with Crippen molar-refractivity contribution in [2.45, 2.75) is 39.2 Å². The summed E-state index contributed by atoms with van der Waals surface area (Å²) in [6, 6.07) is 2.73. The average Bonchev–Trinajstić information content (AvgIpc) is 3.33. The number of amides is 1. The first kappa shape index (κ1) is 33.9. The van der Waals surface area contributed by atoms with Crippen LogP contribution in [0.3, 0.4) is 0 Å². The summed E-state index contributed by atoms with van der Waals surface area (Å²) in [5, 5.41) is 13.5. The van der Waals surface area contributed by atoms with Crippen molar-refractivity contribution in [3.05, 3.63) is 49.7 Å². The minimum absolute atomic E-state index is 0.0435. The number of alkyl halides is 6. The van der Waals surface area contributed by atoms with Gasteiger partial charge in [-0.05, 0) is 31.5 Å². The quantitative estimate of drug-likeness (QED) is 0.258. The normalized spacial score (nSPS) is 13.9. The Bertz CT molecular complexity index is 1820. The van der Waals surface area contributed by atoms with Gasteiger partial charge < -0.3 is 25.2 Å². The van der Waals surface area contributed by atoms with Crippen LogP contribution in [0.4, 0.5) is 37.7 Å². The summed E-state index contributed by atoms with van der Waals surface area (Å²) in [6.07, 6.45) is -9.21. The van der Waals surface area contributed by atoms with Gasteiger partial charge in [0.1, 0.15) is 12.2 Å². The molecule has 3 aromatic heterocycles. The third kappa shape index (κ3) is 7.62. The predicted molar refractivity (Wildman–Crippen MR) is 155 cm³/mol. The number of aromatic nitrogens is 4. The monoisotopic (exact) mass is 679 g/mol. The number of hydrogen-bond acceptors (Lipinski definition) is 9. The summed E-state index contributed by atoms with van der Waals surface area (Å²) in [6.45, 7) is 6.05. The van der Waals surface area contributed by atoms with E-state index in [4.69, 9.17) is 21.5 Å². The van der Waals surface area contributed by atoms with Gasteiger partial charge in [-0.2, -0.15) is 26.3 Å². The lowest BCUT2D eigenvalue weighted by Crippen LogP contribution is -2.46. The fraction of sp³-hybridized carbons (Fsp3) is 0.385. The predicted octanol–water partition coefficient (Wildman–Crippen LogP) is 4.63. The maximum Gasteiger partial charge on any atom is 0.490 e. The number of thiazole rings is 1. The molecule has 0 spiro atoms. The van der Waals surface area contributed by atoms with Gasteiger partial charge in [0.2, 0.25) is 11.3 Å². The Kier molecular flexibility index (Phi) is 9.88. The summed E-state index contributed by atoms with van der Waals surface area (Å²) < 4.78 is 72.4. The molecule has 242 valence electrons. The van der Waals surface area contributed by atoms with Crippen molar-refractivity contribution in [3.63, 3.8) is 0 Å². The minimum atomic E-state index is -5.08. The van der Waals surface area contributed by atoms with Crippen LogP contribution < -0.4 is 21.0 Å². The van der Waals surface area contributed by atoms with E-state index in [0.29, 0.717) is 54.5 Å². The molecule has 19 heteroatoms. The molecule has 5 rings (SSSR count). The molecule has 0 saturated carbocycles. The first-order chi connectivity index (χ1) is 21.0. The van der Waals surface area contributed by atoms with Gasteiger partial charge in [-0.25, -0.2) is 19.7 Å². The maximum absolute atomic E-state index is 13.7. The number of piperazine rings is 1. The van der Waals surface area contributed by atoms with Crippen molar-refractivity contribution in [2.75, 3.05) is 36.4 Å². The Hall–Kier alpha value is -4.03. The van der Waals surface area contributed by atoms with E-state index < -0.39 is 29.8 Å². The van der Waals surface area contributed by atoms with Crippen LogP contribution in [0.5, 0.6) is 0 Å². The number of anilines is 2. The number of benzene rings is 1. The van der Waals surface area contributed by atoms with Crippen LogP contribution in [-0.4, -0.2) is 68.9 Å². The zero-order valence-corrected chi connectivity index (χ0v) is 25.0. The number of carbonyl (C=O) groups is 2. The van der Waals surface area contributed by atoms with Crippen molar-refractivity contribution in [2.24, 2.45) is 0 Å². The molecule has 3 N–H and O–H groups in total. The third-order valence-electron chi connectivity index (χ3n) is 6.50. The first-order valence-electron chi connectivity index (χ1n) is 13.1. The van der Waals surface area contributed by atoms with E-state index in [0.717, 1.165) is 23.2 Å². The number of rotatable bonds is 5. The Morgan fingerprint density at radius 3 is 2.31 bits per heavy atom. The molecule has 0 bridgehead atoms. The second kappa shape index (κ2) is 13.1. The van der Waals surface area contributed by atoms with Gasteiger partial charge in [-0.1, -0.05) is 29.9 Å². The van der Waals surface area contributed by atoms with E-state index in [1.54, 1.807) is 4.57 Å². The van der Waals surface area contributed by atoms with E-state index in [9.17, 15) is 35.9 Å². The molecule has 1 aliphatic rings. The Morgan fingerprint density at radius 2 is 1.76 bits per heavy atom. The lowest BCUT2D eigenvalue weighted by molar-refractivity contribution is -0.192. The molecule has 45 heavy (non-hydrogen) atoms. The van der Waals surface area contributed by atoms with Crippen molar-refractivity contribution in [1.82, 2.24) is 24.8 Å². The minimum Gasteiger partial charge on any atom is -0.475 e. The summed E-state index contributed by atoms with van der Waals surface area (Å²) in [5.41, 5.74) is 0.642. The Balaban J connectivity index is 0.000000591. The zero-order chi connectivity index (χ0) is 33.3. The van der Waals surface area contributed by atoms with E-state index in [1.165, 1.54) is 11.3 Å². The standard InChI is InChI=1S/C24H23ClF3N7O2S.C2HF3O2/c1-3-16-19(34-8-6-29-7-9-34)20(37)18-22(33-23-21(32-18)30-12(2)38-23)35(16)11-17(36)31-15-5-4-13(10-14(15)25)24(26,27)28;3-2(4,5)1(6)7/h4-5,10,29H,3,6-9,11H2,1-2H3,(H,31,36);(H,6,7).